The van der Waals surface area contributed by atoms with Gasteiger partial charge in [-0.2, -0.15) is 0 Å². The lowest BCUT2D eigenvalue weighted by Gasteiger charge is -2.21. The molecule has 0 saturated heterocycles. The van der Waals surface area contributed by atoms with Crippen LogP contribution in [-0.2, 0) is 65.4 Å². The zero-order valence-corrected chi connectivity index (χ0v) is 65.7. The van der Waals surface area contributed by atoms with Crippen LogP contribution >= 0.6 is 15.6 Å². The smallest absolute Gasteiger partial charge is 0.462 e. The Morgan fingerprint density at radius 3 is 0.694 bits per heavy atom. The van der Waals surface area contributed by atoms with Gasteiger partial charge in [0.1, 0.15) is 19.3 Å². The van der Waals surface area contributed by atoms with Crippen molar-refractivity contribution in [3.63, 3.8) is 0 Å². The molecule has 0 bridgehead atoms. The molecule has 0 aromatic rings. The summed E-state index contributed by atoms with van der Waals surface area (Å²) in [5.74, 6) is -1.31. The predicted molar refractivity (Wildman–Crippen MR) is 400 cm³/mol. The second kappa shape index (κ2) is 72.0. The summed E-state index contributed by atoms with van der Waals surface area (Å²) in [5.41, 5.74) is 0. The van der Waals surface area contributed by atoms with Crippen LogP contribution in [0.4, 0.5) is 0 Å². The molecular formula is C79H154O17P2. The molecule has 17 nitrogen and oxygen atoms in total. The fourth-order valence-electron chi connectivity index (χ4n) is 12.2. The van der Waals surface area contributed by atoms with Gasteiger partial charge in [0.2, 0.25) is 0 Å². The molecule has 0 aliphatic carbocycles. The van der Waals surface area contributed by atoms with Crippen LogP contribution in [0.2, 0.25) is 0 Å². The number of hydrogen-bond donors (Lipinski definition) is 3. The third-order valence-electron chi connectivity index (χ3n) is 18.5. The van der Waals surface area contributed by atoms with Gasteiger partial charge in [-0.15, -0.1) is 0 Å². The van der Waals surface area contributed by atoms with Crippen LogP contribution in [0.5, 0.6) is 0 Å². The number of rotatable bonds is 79. The number of esters is 4. The first-order valence-electron chi connectivity index (χ1n) is 41.1. The minimum Gasteiger partial charge on any atom is -0.462 e. The second-order valence-electron chi connectivity index (χ2n) is 28.9. The summed E-state index contributed by atoms with van der Waals surface area (Å²) in [7, 11) is -9.91. The van der Waals surface area contributed by atoms with Gasteiger partial charge >= 0.3 is 39.5 Å². The highest BCUT2D eigenvalue weighted by atomic mass is 31.2. The third-order valence-corrected chi connectivity index (χ3v) is 20.4. The fourth-order valence-corrected chi connectivity index (χ4v) is 13.8. The number of aliphatic hydroxyl groups excluding tert-OH is 1. The molecule has 582 valence electrons. The largest absolute Gasteiger partial charge is 0.472 e. The highest BCUT2D eigenvalue weighted by Gasteiger charge is 2.30. The normalized spacial score (nSPS) is 13.9. The maximum Gasteiger partial charge on any atom is 0.472 e. The molecule has 0 radical (unpaired) electrons. The molecule has 0 amide bonds. The molecule has 0 fully saturated rings. The Balaban J connectivity index is 5.22. The molecule has 19 heteroatoms. The summed E-state index contributed by atoms with van der Waals surface area (Å²) in [6.45, 7) is 7.33. The van der Waals surface area contributed by atoms with E-state index in [1.165, 1.54) is 244 Å². The average Bonchev–Trinajstić information content (AvgIpc) is 1.15. The first-order valence-corrected chi connectivity index (χ1v) is 44.1. The zero-order chi connectivity index (χ0) is 71.9. The number of phosphoric ester groups is 2. The number of hydrogen-bond acceptors (Lipinski definition) is 15. The second-order valence-corrected chi connectivity index (χ2v) is 31.8. The Bertz CT molecular complexity index is 1870. The first kappa shape index (κ1) is 96.1. The van der Waals surface area contributed by atoms with Crippen LogP contribution < -0.4 is 0 Å². The number of carbonyl (C=O) groups is 4. The van der Waals surface area contributed by atoms with Crippen molar-refractivity contribution in [2.24, 2.45) is 5.92 Å². The van der Waals surface area contributed by atoms with Gasteiger partial charge < -0.3 is 33.8 Å². The molecule has 0 heterocycles. The molecule has 5 atom stereocenters. The van der Waals surface area contributed by atoms with Crippen LogP contribution in [0.25, 0.3) is 0 Å². The Labute approximate surface area is 600 Å². The van der Waals surface area contributed by atoms with E-state index in [0.717, 1.165) is 95.8 Å². The Morgan fingerprint density at radius 1 is 0.276 bits per heavy atom. The standard InChI is InChI=1S/C79H154O17P2/c1-6-9-12-15-18-21-23-25-26-27-28-31-35-38-43-48-53-58-63-77(82)90-69-75(96-79(84)65-60-55-50-45-40-36-32-29-30-34-37-42-46-51-56-61-72(4)5)71-94-98(87,88)92-67-73(80)66-91-97(85,86)93-70-74(68-89-76(81)62-57-52-47-41-20-17-14-11-8-3)95-78(83)64-59-54-49-44-39-33-24-22-19-16-13-10-7-2/h72-75,80H,6-71H2,1-5H3,(H,85,86)(H,87,88)/t73-,74+,75+/m0/s1. The number of unbranched alkanes of at least 4 members (excludes halogenated alkanes) is 51. The highest BCUT2D eigenvalue weighted by molar-refractivity contribution is 7.47. The molecule has 0 aliphatic heterocycles. The van der Waals surface area contributed by atoms with Gasteiger partial charge in [-0.25, -0.2) is 9.13 Å². The summed E-state index contributed by atoms with van der Waals surface area (Å²) in [5, 5.41) is 10.6. The van der Waals surface area contributed by atoms with Crippen molar-refractivity contribution < 1.29 is 80.2 Å². The molecule has 0 spiro atoms. The van der Waals surface area contributed by atoms with E-state index in [9.17, 15) is 43.2 Å². The van der Waals surface area contributed by atoms with Gasteiger partial charge in [0.15, 0.2) is 12.2 Å². The SMILES string of the molecule is CCCCCCCCCCCCCCCCCCCCC(=O)OC[C@H](COP(=O)(O)OC[C@@H](O)COP(=O)(O)OC[C@@H](COC(=O)CCCCCCCCCCC)OC(=O)CCCCCCCCCCCCCCC)OC(=O)CCCCCCCCCCCCCCCCCC(C)C. The molecule has 0 aromatic heterocycles. The van der Waals surface area contributed by atoms with Crippen molar-refractivity contribution in [2.75, 3.05) is 39.6 Å². The van der Waals surface area contributed by atoms with E-state index in [4.69, 9.17) is 37.0 Å². The summed E-state index contributed by atoms with van der Waals surface area (Å²) >= 11 is 0. The molecule has 0 rings (SSSR count). The van der Waals surface area contributed by atoms with Crippen molar-refractivity contribution in [2.45, 2.75) is 438 Å². The molecule has 2 unspecified atom stereocenters. The summed E-state index contributed by atoms with van der Waals surface area (Å²) in [6.07, 6.45) is 62.4. The van der Waals surface area contributed by atoms with Crippen LogP contribution in [-0.4, -0.2) is 96.7 Å². The molecule has 0 saturated carbocycles. The summed E-state index contributed by atoms with van der Waals surface area (Å²) < 4.78 is 68.6. The highest BCUT2D eigenvalue weighted by Crippen LogP contribution is 2.45. The number of phosphoric acid groups is 2. The summed E-state index contributed by atoms with van der Waals surface area (Å²) in [6, 6.07) is 0. The minimum absolute atomic E-state index is 0.108. The van der Waals surface area contributed by atoms with Crippen molar-refractivity contribution in [1.29, 1.82) is 0 Å². The fraction of sp³-hybridized carbons (Fsp3) is 0.949. The van der Waals surface area contributed by atoms with Crippen molar-refractivity contribution in [3.05, 3.63) is 0 Å². The van der Waals surface area contributed by atoms with E-state index >= 15 is 0 Å². The number of carbonyl (C=O) groups excluding carboxylic acids is 4. The first-order chi connectivity index (χ1) is 47.5. The molecule has 0 aromatic carbocycles. The van der Waals surface area contributed by atoms with E-state index in [-0.39, 0.29) is 25.7 Å². The third kappa shape index (κ3) is 72.4. The quantitative estimate of drug-likeness (QED) is 0.0222. The van der Waals surface area contributed by atoms with Crippen LogP contribution in [0.15, 0.2) is 0 Å². The predicted octanol–water partition coefficient (Wildman–Crippen LogP) is 23.6. The number of aliphatic hydroxyl groups is 1. The van der Waals surface area contributed by atoms with Gasteiger partial charge in [0.25, 0.3) is 0 Å². The minimum atomic E-state index is -4.96. The Hall–Kier alpha value is -1.94. The van der Waals surface area contributed by atoms with E-state index in [1.54, 1.807) is 0 Å². The topological polar surface area (TPSA) is 237 Å². The molecule has 3 N–H and O–H groups in total. The van der Waals surface area contributed by atoms with E-state index in [1.807, 2.05) is 0 Å². The monoisotopic (exact) mass is 1440 g/mol. The van der Waals surface area contributed by atoms with E-state index < -0.39 is 97.5 Å². The van der Waals surface area contributed by atoms with Gasteiger partial charge in [-0.1, -0.05) is 369 Å². The maximum absolute atomic E-state index is 13.1. The van der Waals surface area contributed by atoms with Crippen molar-refractivity contribution in [1.82, 2.24) is 0 Å². The molecular weight excluding hydrogens is 1280 g/mol. The molecule has 0 aliphatic rings. The van der Waals surface area contributed by atoms with Gasteiger partial charge in [-0.3, -0.25) is 37.3 Å². The van der Waals surface area contributed by atoms with E-state index in [0.29, 0.717) is 25.7 Å². The Kier molecular flexibility index (Phi) is 70.6. The van der Waals surface area contributed by atoms with Gasteiger partial charge in [0, 0.05) is 25.7 Å². The maximum atomic E-state index is 13.1. The van der Waals surface area contributed by atoms with E-state index in [2.05, 4.69) is 34.6 Å². The Morgan fingerprint density at radius 2 is 0.469 bits per heavy atom. The molecule has 98 heavy (non-hydrogen) atoms. The van der Waals surface area contributed by atoms with Gasteiger partial charge in [-0.05, 0) is 31.6 Å². The van der Waals surface area contributed by atoms with Crippen LogP contribution in [0.3, 0.4) is 0 Å². The lowest BCUT2D eigenvalue weighted by Crippen LogP contribution is -2.30. The zero-order valence-electron chi connectivity index (χ0n) is 63.9. The summed E-state index contributed by atoms with van der Waals surface area (Å²) in [4.78, 5) is 72.9. The van der Waals surface area contributed by atoms with Crippen LogP contribution in [0.1, 0.15) is 420 Å². The van der Waals surface area contributed by atoms with Crippen molar-refractivity contribution in [3.8, 4) is 0 Å². The lowest BCUT2D eigenvalue weighted by molar-refractivity contribution is -0.161. The average molecular weight is 1440 g/mol. The van der Waals surface area contributed by atoms with Gasteiger partial charge in [0.05, 0.1) is 26.4 Å². The van der Waals surface area contributed by atoms with Crippen molar-refractivity contribution >= 4 is 39.5 Å². The van der Waals surface area contributed by atoms with Crippen LogP contribution in [0, 0.1) is 5.92 Å². The lowest BCUT2D eigenvalue weighted by atomic mass is 10.0. The number of ether oxygens (including phenoxy) is 4.